The van der Waals surface area contributed by atoms with Crippen molar-refractivity contribution in [3.63, 3.8) is 0 Å². The number of ether oxygens (including phenoxy) is 1. The smallest absolute Gasteiger partial charge is 0.261 e. The number of hydrogen-bond acceptors (Lipinski definition) is 4. The van der Waals surface area contributed by atoms with E-state index in [0.717, 1.165) is 24.1 Å². The maximum atomic E-state index is 12.6. The fraction of sp³-hybridized carbons (Fsp3) is 0.190. The van der Waals surface area contributed by atoms with E-state index in [2.05, 4.69) is 16.6 Å². The van der Waals surface area contributed by atoms with Gasteiger partial charge < -0.3 is 4.74 Å². The number of aromatic nitrogens is 1. The second-order valence-electron chi connectivity index (χ2n) is 6.14. The number of benzene rings is 2. The quantitative estimate of drug-likeness (QED) is 0.626. The number of pyridine rings is 1. The van der Waals surface area contributed by atoms with E-state index >= 15 is 0 Å². The van der Waals surface area contributed by atoms with Gasteiger partial charge in [0.15, 0.2) is 0 Å². The molecular weight excluding hydrogens is 360 g/mol. The largest absolute Gasteiger partial charge is 0.487 e. The summed E-state index contributed by atoms with van der Waals surface area (Å²) < 4.78 is 33.5. The maximum absolute atomic E-state index is 12.6. The Morgan fingerprint density at radius 2 is 1.81 bits per heavy atom. The molecule has 0 unspecified atom stereocenters. The summed E-state index contributed by atoms with van der Waals surface area (Å²) in [5.41, 5.74) is 2.38. The second-order valence-corrected chi connectivity index (χ2v) is 7.82. The van der Waals surface area contributed by atoms with Crippen molar-refractivity contribution in [1.29, 1.82) is 0 Å². The van der Waals surface area contributed by atoms with Crippen molar-refractivity contribution in [1.82, 2.24) is 4.98 Å². The highest BCUT2D eigenvalue weighted by atomic mass is 32.2. The van der Waals surface area contributed by atoms with E-state index in [1.54, 1.807) is 42.6 Å². The van der Waals surface area contributed by atoms with E-state index in [0.29, 0.717) is 18.0 Å². The number of aryl methyl sites for hydroxylation is 1. The summed E-state index contributed by atoms with van der Waals surface area (Å²) in [5, 5.41) is 0. The molecule has 27 heavy (non-hydrogen) atoms. The highest BCUT2D eigenvalue weighted by molar-refractivity contribution is 7.92. The monoisotopic (exact) mass is 382 g/mol. The van der Waals surface area contributed by atoms with Gasteiger partial charge in [-0.15, -0.1) is 0 Å². The molecule has 1 heterocycles. The third-order valence-electron chi connectivity index (χ3n) is 3.97. The summed E-state index contributed by atoms with van der Waals surface area (Å²) in [7, 11) is -3.65. The third kappa shape index (κ3) is 5.31. The van der Waals surface area contributed by atoms with Crippen molar-refractivity contribution in [3.8, 4) is 5.75 Å². The summed E-state index contributed by atoms with van der Waals surface area (Å²) in [6.45, 7) is 2.41. The van der Waals surface area contributed by atoms with Gasteiger partial charge in [0.25, 0.3) is 10.0 Å². The van der Waals surface area contributed by atoms with Crippen molar-refractivity contribution in [3.05, 3.63) is 84.2 Å². The van der Waals surface area contributed by atoms with Gasteiger partial charge in [0.2, 0.25) is 0 Å². The molecule has 1 N–H and O–H groups in total. The molecule has 0 fully saturated rings. The molecule has 0 bridgehead atoms. The minimum absolute atomic E-state index is 0.238. The van der Waals surface area contributed by atoms with Gasteiger partial charge in [0.1, 0.15) is 12.4 Å². The van der Waals surface area contributed by atoms with E-state index in [4.69, 9.17) is 4.74 Å². The number of nitrogens with one attached hydrogen (secondary N) is 1. The Kier molecular flexibility index (Phi) is 6.08. The minimum atomic E-state index is -3.65. The van der Waals surface area contributed by atoms with Crippen LogP contribution in [0.5, 0.6) is 5.75 Å². The lowest BCUT2D eigenvalue weighted by atomic mass is 10.1. The standard InChI is InChI=1S/C21H22N2O3S/c1-2-6-17-10-12-21(13-11-17)27(24,25)23-18-8-5-9-20(15-18)26-16-19-7-3-4-14-22-19/h3-5,7-15,23H,2,6,16H2,1H3. The molecule has 1 aromatic heterocycles. The van der Waals surface area contributed by atoms with Gasteiger partial charge in [0.05, 0.1) is 16.3 Å². The van der Waals surface area contributed by atoms with Gasteiger partial charge >= 0.3 is 0 Å². The lowest BCUT2D eigenvalue weighted by Crippen LogP contribution is -2.13. The molecule has 0 spiro atoms. The molecule has 0 saturated heterocycles. The van der Waals surface area contributed by atoms with Crippen LogP contribution in [0.25, 0.3) is 0 Å². The van der Waals surface area contributed by atoms with Crippen LogP contribution in [0.3, 0.4) is 0 Å². The molecule has 140 valence electrons. The molecule has 3 rings (SSSR count). The molecule has 0 saturated carbocycles. The lowest BCUT2D eigenvalue weighted by molar-refractivity contribution is 0.301. The first-order valence-electron chi connectivity index (χ1n) is 8.81. The van der Waals surface area contributed by atoms with Crippen LogP contribution in [0.1, 0.15) is 24.6 Å². The van der Waals surface area contributed by atoms with Crippen LogP contribution in [-0.4, -0.2) is 13.4 Å². The lowest BCUT2D eigenvalue weighted by Gasteiger charge is -2.11. The Hall–Kier alpha value is -2.86. The van der Waals surface area contributed by atoms with E-state index in [1.165, 1.54) is 0 Å². The van der Waals surface area contributed by atoms with E-state index in [1.807, 2.05) is 30.3 Å². The highest BCUT2D eigenvalue weighted by Crippen LogP contribution is 2.22. The minimum Gasteiger partial charge on any atom is -0.487 e. The zero-order valence-electron chi connectivity index (χ0n) is 15.1. The SMILES string of the molecule is CCCc1ccc(S(=O)(=O)Nc2cccc(OCc3ccccn3)c2)cc1. The second kappa shape index (κ2) is 8.68. The maximum Gasteiger partial charge on any atom is 0.261 e. The first-order chi connectivity index (χ1) is 13.1. The average Bonchev–Trinajstić information content (AvgIpc) is 2.68. The number of nitrogens with zero attached hydrogens (tertiary/aromatic N) is 1. The zero-order valence-corrected chi connectivity index (χ0v) is 15.9. The molecule has 0 aliphatic heterocycles. The number of hydrogen-bond donors (Lipinski definition) is 1. The van der Waals surface area contributed by atoms with Crippen LogP contribution < -0.4 is 9.46 Å². The van der Waals surface area contributed by atoms with Crippen molar-refractivity contribution in [2.45, 2.75) is 31.3 Å². The van der Waals surface area contributed by atoms with Crippen LogP contribution in [0.2, 0.25) is 0 Å². The van der Waals surface area contributed by atoms with Crippen molar-refractivity contribution in [2.24, 2.45) is 0 Å². The van der Waals surface area contributed by atoms with Crippen LogP contribution in [-0.2, 0) is 23.1 Å². The van der Waals surface area contributed by atoms with Crippen LogP contribution in [0.4, 0.5) is 5.69 Å². The molecule has 0 atom stereocenters. The van der Waals surface area contributed by atoms with Gasteiger partial charge in [-0.05, 0) is 48.4 Å². The van der Waals surface area contributed by atoms with Crippen LogP contribution in [0, 0.1) is 0 Å². The van der Waals surface area contributed by atoms with Crippen molar-refractivity contribution >= 4 is 15.7 Å². The molecule has 3 aromatic rings. The number of anilines is 1. The molecule has 0 aliphatic rings. The highest BCUT2D eigenvalue weighted by Gasteiger charge is 2.14. The molecule has 0 radical (unpaired) electrons. The normalized spacial score (nSPS) is 11.1. The van der Waals surface area contributed by atoms with Gasteiger partial charge in [0, 0.05) is 12.3 Å². The molecule has 5 nitrogen and oxygen atoms in total. The van der Waals surface area contributed by atoms with Gasteiger partial charge in [-0.2, -0.15) is 0 Å². The van der Waals surface area contributed by atoms with Gasteiger partial charge in [-0.25, -0.2) is 8.42 Å². The predicted molar refractivity (Wildman–Crippen MR) is 106 cm³/mol. The summed E-state index contributed by atoms with van der Waals surface area (Å²) in [6.07, 6.45) is 3.66. The average molecular weight is 382 g/mol. The Morgan fingerprint density at radius 1 is 1.00 bits per heavy atom. The number of rotatable bonds is 8. The van der Waals surface area contributed by atoms with Crippen molar-refractivity contribution < 1.29 is 13.2 Å². The first kappa shape index (κ1) is 18.9. The summed E-state index contributed by atoms with van der Waals surface area (Å²) >= 11 is 0. The van der Waals surface area contributed by atoms with Gasteiger partial charge in [-0.1, -0.05) is 37.6 Å². The van der Waals surface area contributed by atoms with E-state index in [-0.39, 0.29) is 4.90 Å². The molecule has 6 heteroatoms. The van der Waals surface area contributed by atoms with Crippen LogP contribution >= 0.6 is 0 Å². The van der Waals surface area contributed by atoms with E-state index in [9.17, 15) is 8.42 Å². The summed E-state index contributed by atoms with van der Waals surface area (Å²) in [4.78, 5) is 4.44. The first-order valence-corrected chi connectivity index (χ1v) is 10.3. The van der Waals surface area contributed by atoms with Gasteiger partial charge in [-0.3, -0.25) is 9.71 Å². The Morgan fingerprint density at radius 3 is 2.52 bits per heavy atom. The van der Waals surface area contributed by atoms with Crippen LogP contribution in [0.15, 0.2) is 77.8 Å². The molecule has 0 amide bonds. The Bertz CT molecular complexity index is 972. The van der Waals surface area contributed by atoms with Crippen molar-refractivity contribution in [2.75, 3.05) is 4.72 Å². The Balaban J connectivity index is 1.69. The summed E-state index contributed by atoms with van der Waals surface area (Å²) in [5.74, 6) is 0.569. The zero-order chi connectivity index (χ0) is 19.1. The molecular formula is C21H22N2O3S. The fourth-order valence-electron chi connectivity index (χ4n) is 2.63. The summed E-state index contributed by atoms with van der Waals surface area (Å²) in [6, 6.07) is 19.4. The predicted octanol–water partition coefficient (Wildman–Crippen LogP) is 4.41. The topological polar surface area (TPSA) is 68.3 Å². The fourth-order valence-corrected chi connectivity index (χ4v) is 3.68. The van der Waals surface area contributed by atoms with E-state index < -0.39 is 10.0 Å². The molecule has 2 aromatic carbocycles. The third-order valence-corrected chi connectivity index (χ3v) is 5.37. The molecule has 0 aliphatic carbocycles. The number of sulfonamides is 1. The Labute approximate surface area is 160 Å².